The van der Waals surface area contributed by atoms with E-state index >= 15 is 0 Å². The van der Waals surface area contributed by atoms with Crippen molar-refractivity contribution in [2.45, 2.75) is 45.1 Å². The predicted octanol–water partition coefficient (Wildman–Crippen LogP) is 1.89. The minimum absolute atomic E-state index is 0.0228. The molecule has 7 nitrogen and oxygen atoms in total. The molecule has 1 fully saturated rings. The van der Waals surface area contributed by atoms with E-state index in [1.54, 1.807) is 37.1 Å². The van der Waals surface area contributed by atoms with E-state index in [1.165, 1.54) is 0 Å². The first kappa shape index (κ1) is 18.1. The number of carbonyl (C=O) groups excluding carboxylic acids is 4. The molecule has 0 saturated carbocycles. The number of urea groups is 1. The Bertz CT molecular complexity index is 804. The Morgan fingerprint density at radius 2 is 2.00 bits per heavy atom. The van der Waals surface area contributed by atoms with E-state index in [-0.39, 0.29) is 30.6 Å². The Hall–Kier alpha value is -2.70. The van der Waals surface area contributed by atoms with Crippen LogP contribution < -0.4 is 10.2 Å². The van der Waals surface area contributed by atoms with E-state index in [1.807, 2.05) is 6.92 Å². The van der Waals surface area contributed by atoms with Gasteiger partial charge >= 0.3 is 6.03 Å². The number of hydrogen-bond acceptors (Lipinski definition) is 4. The summed E-state index contributed by atoms with van der Waals surface area (Å²) in [5, 5.41) is 2.71. The molecule has 7 heteroatoms. The number of hydrogen-bond donors (Lipinski definition) is 1. The Balaban J connectivity index is 1.75. The minimum Gasteiger partial charge on any atom is -0.323 e. The van der Waals surface area contributed by atoms with Crippen LogP contribution in [-0.4, -0.2) is 47.7 Å². The Labute approximate surface area is 152 Å². The van der Waals surface area contributed by atoms with Crippen molar-refractivity contribution in [3.8, 4) is 0 Å². The lowest BCUT2D eigenvalue weighted by Gasteiger charge is -2.21. The van der Waals surface area contributed by atoms with E-state index in [4.69, 9.17) is 0 Å². The maximum Gasteiger partial charge on any atom is 0.325 e. The molecule has 1 atom stereocenters. The highest BCUT2D eigenvalue weighted by Crippen LogP contribution is 2.29. The van der Waals surface area contributed by atoms with Gasteiger partial charge in [-0.3, -0.25) is 19.3 Å². The summed E-state index contributed by atoms with van der Waals surface area (Å²) >= 11 is 0. The van der Waals surface area contributed by atoms with Crippen molar-refractivity contribution >= 4 is 29.3 Å². The number of carbonyl (C=O) groups is 4. The summed E-state index contributed by atoms with van der Waals surface area (Å²) in [6.45, 7) is 3.42. The van der Waals surface area contributed by atoms with Crippen LogP contribution in [0.4, 0.5) is 10.5 Å². The number of nitrogens with one attached hydrogen (secondary N) is 1. The molecule has 0 radical (unpaired) electrons. The first-order chi connectivity index (χ1) is 12.3. The van der Waals surface area contributed by atoms with E-state index in [0.717, 1.165) is 29.0 Å². The second kappa shape index (κ2) is 6.55. The van der Waals surface area contributed by atoms with Crippen LogP contribution in [0, 0.1) is 0 Å². The van der Waals surface area contributed by atoms with Gasteiger partial charge in [-0.15, -0.1) is 0 Å². The number of unbranched alkanes of at least 4 members (excludes halogenated alkanes) is 1. The van der Waals surface area contributed by atoms with Crippen LogP contribution >= 0.6 is 0 Å². The molecule has 0 unspecified atom stereocenters. The molecule has 1 aromatic rings. The summed E-state index contributed by atoms with van der Waals surface area (Å²) in [5.74, 6) is -0.705. The quantitative estimate of drug-likeness (QED) is 0.622. The molecule has 2 heterocycles. The van der Waals surface area contributed by atoms with Gasteiger partial charge in [-0.05, 0) is 37.1 Å². The monoisotopic (exact) mass is 357 g/mol. The lowest BCUT2D eigenvalue weighted by atomic mass is 9.95. The molecular formula is C19H23N3O4. The molecule has 0 aromatic heterocycles. The van der Waals surface area contributed by atoms with Crippen LogP contribution in [0.5, 0.6) is 0 Å². The van der Waals surface area contributed by atoms with E-state index in [9.17, 15) is 19.2 Å². The molecule has 2 aliphatic heterocycles. The summed E-state index contributed by atoms with van der Waals surface area (Å²) in [4.78, 5) is 51.7. The molecule has 0 spiro atoms. The van der Waals surface area contributed by atoms with Crippen LogP contribution in [-0.2, 0) is 16.0 Å². The first-order valence-electron chi connectivity index (χ1n) is 8.83. The zero-order valence-corrected chi connectivity index (χ0v) is 15.3. The van der Waals surface area contributed by atoms with Crippen LogP contribution in [0.25, 0.3) is 0 Å². The van der Waals surface area contributed by atoms with Gasteiger partial charge in [0.05, 0.1) is 13.0 Å². The number of rotatable bonds is 6. The number of benzene rings is 1. The summed E-state index contributed by atoms with van der Waals surface area (Å²) in [5.41, 5.74) is 1.03. The molecule has 1 N–H and O–H groups in total. The number of likely N-dealkylation sites (N-methyl/N-ethyl adjacent to an activating group) is 1. The number of ketones is 1. The molecule has 0 bridgehead atoms. The lowest BCUT2D eigenvalue weighted by Crippen LogP contribution is -2.44. The van der Waals surface area contributed by atoms with Gasteiger partial charge in [0.1, 0.15) is 5.54 Å². The predicted molar refractivity (Wildman–Crippen MR) is 96.1 cm³/mol. The summed E-state index contributed by atoms with van der Waals surface area (Å²) in [7, 11) is 1.69. The molecule has 0 aliphatic carbocycles. The lowest BCUT2D eigenvalue weighted by molar-refractivity contribution is -0.130. The zero-order chi connectivity index (χ0) is 19.1. The smallest absolute Gasteiger partial charge is 0.323 e. The van der Waals surface area contributed by atoms with Gasteiger partial charge in [0.15, 0.2) is 5.78 Å². The van der Waals surface area contributed by atoms with Crippen LogP contribution in [0.3, 0.4) is 0 Å². The third-order valence-corrected chi connectivity index (χ3v) is 5.16. The number of nitrogens with zero attached hydrogens (tertiary/aromatic N) is 2. The standard InChI is InChI=1S/C19H23N3O4/c1-4-5-8-19(2)17(25)22(18(26)20-19)11-15(23)12-6-7-14-13(9-12)10-16(24)21(14)3/h6-7,9H,4-5,8,10-11H2,1-3H3,(H,20,26)/t19-/m1/s1. The van der Waals surface area contributed by atoms with Gasteiger partial charge in [-0.25, -0.2) is 4.79 Å². The fourth-order valence-electron chi connectivity index (χ4n) is 3.47. The van der Waals surface area contributed by atoms with Crippen molar-refractivity contribution in [1.29, 1.82) is 0 Å². The van der Waals surface area contributed by atoms with Gasteiger partial charge in [0.25, 0.3) is 5.91 Å². The van der Waals surface area contributed by atoms with Crippen molar-refractivity contribution in [1.82, 2.24) is 10.2 Å². The summed E-state index contributed by atoms with van der Waals surface area (Å²) in [6.07, 6.45) is 2.54. The molecular weight excluding hydrogens is 334 g/mol. The van der Waals surface area contributed by atoms with E-state index < -0.39 is 11.6 Å². The number of amides is 4. The van der Waals surface area contributed by atoms with Crippen molar-refractivity contribution in [3.63, 3.8) is 0 Å². The molecule has 4 amide bonds. The first-order valence-corrected chi connectivity index (χ1v) is 8.83. The molecule has 2 aliphatic rings. The van der Waals surface area contributed by atoms with Crippen LogP contribution in [0.1, 0.15) is 49.0 Å². The number of imide groups is 1. The number of Topliss-reactive ketones (excluding diaryl/α,β-unsaturated/α-hetero) is 1. The summed E-state index contributed by atoms with van der Waals surface area (Å²) < 4.78 is 0. The Morgan fingerprint density at radius 3 is 2.69 bits per heavy atom. The molecule has 26 heavy (non-hydrogen) atoms. The van der Waals surface area contributed by atoms with Gasteiger partial charge in [-0.2, -0.15) is 0 Å². The highest BCUT2D eigenvalue weighted by molar-refractivity contribution is 6.11. The molecule has 1 aromatic carbocycles. The molecule has 138 valence electrons. The third kappa shape index (κ3) is 2.98. The normalized spacial score (nSPS) is 22.0. The van der Waals surface area contributed by atoms with E-state index in [0.29, 0.717) is 12.0 Å². The summed E-state index contributed by atoms with van der Waals surface area (Å²) in [6, 6.07) is 4.50. The number of anilines is 1. The second-order valence-corrected chi connectivity index (χ2v) is 7.15. The second-order valence-electron chi connectivity index (χ2n) is 7.15. The van der Waals surface area contributed by atoms with Gasteiger partial charge in [-0.1, -0.05) is 19.8 Å². The van der Waals surface area contributed by atoms with Gasteiger partial charge < -0.3 is 10.2 Å². The number of fused-ring (bicyclic) bond motifs is 1. The third-order valence-electron chi connectivity index (χ3n) is 5.16. The maximum atomic E-state index is 12.6. The van der Waals surface area contributed by atoms with Crippen molar-refractivity contribution < 1.29 is 19.2 Å². The fourth-order valence-corrected chi connectivity index (χ4v) is 3.47. The average Bonchev–Trinajstić information content (AvgIpc) is 3.01. The molecule has 3 rings (SSSR count). The highest BCUT2D eigenvalue weighted by Gasteiger charge is 2.47. The van der Waals surface area contributed by atoms with Crippen molar-refractivity contribution in [3.05, 3.63) is 29.3 Å². The van der Waals surface area contributed by atoms with Gasteiger partial charge in [0, 0.05) is 18.3 Å². The fraction of sp³-hybridized carbons (Fsp3) is 0.474. The Morgan fingerprint density at radius 1 is 1.27 bits per heavy atom. The Kier molecular flexibility index (Phi) is 4.56. The van der Waals surface area contributed by atoms with Crippen molar-refractivity contribution in [2.24, 2.45) is 0 Å². The van der Waals surface area contributed by atoms with E-state index in [2.05, 4.69) is 5.32 Å². The maximum absolute atomic E-state index is 12.6. The SMILES string of the molecule is CCCC[C@@]1(C)NC(=O)N(CC(=O)c2ccc3c(c2)CC(=O)N3C)C1=O. The zero-order valence-electron chi connectivity index (χ0n) is 15.3. The largest absolute Gasteiger partial charge is 0.325 e. The topological polar surface area (TPSA) is 86.8 Å². The minimum atomic E-state index is -0.944. The van der Waals surface area contributed by atoms with Crippen LogP contribution in [0.15, 0.2) is 18.2 Å². The van der Waals surface area contributed by atoms with Crippen LogP contribution in [0.2, 0.25) is 0 Å². The van der Waals surface area contributed by atoms with Crippen molar-refractivity contribution in [2.75, 3.05) is 18.5 Å². The van der Waals surface area contributed by atoms with Gasteiger partial charge in [0.2, 0.25) is 5.91 Å². The highest BCUT2D eigenvalue weighted by atomic mass is 16.2. The molecule has 1 saturated heterocycles. The average molecular weight is 357 g/mol.